The Kier molecular flexibility index (Phi) is 7.19. The molecule has 2 aliphatic rings. The number of aliphatic carboxylic acids is 1. The number of nitrogens with one attached hydrogen (secondary N) is 1. The van der Waals surface area contributed by atoms with Crippen LogP contribution < -0.4 is 14.8 Å². The van der Waals surface area contributed by atoms with E-state index in [9.17, 15) is 14.7 Å². The average molecular weight is 440 g/mol. The number of hydrogen-bond acceptors (Lipinski definition) is 7. The van der Waals surface area contributed by atoms with Crippen LogP contribution in [-0.2, 0) is 22.4 Å². The number of carbonyl (C=O) groups excluding carboxylic acids is 1. The lowest BCUT2D eigenvalue weighted by Gasteiger charge is -2.20. The van der Waals surface area contributed by atoms with E-state index in [-0.39, 0.29) is 18.6 Å². The second kappa shape index (κ2) is 10.4. The summed E-state index contributed by atoms with van der Waals surface area (Å²) in [4.78, 5) is 32.9. The smallest absolute Gasteiger partial charge is 0.303 e. The summed E-state index contributed by atoms with van der Waals surface area (Å²) in [7, 11) is 0. The lowest BCUT2D eigenvalue weighted by molar-refractivity contribution is -0.137. The van der Waals surface area contributed by atoms with Gasteiger partial charge in [-0.2, -0.15) is 0 Å². The van der Waals surface area contributed by atoms with Crippen LogP contribution in [-0.4, -0.2) is 46.6 Å². The molecule has 2 aromatic heterocycles. The first-order valence-electron chi connectivity index (χ1n) is 11.3. The molecule has 4 heterocycles. The van der Waals surface area contributed by atoms with Crippen LogP contribution >= 0.6 is 0 Å². The summed E-state index contributed by atoms with van der Waals surface area (Å²) in [6.45, 7) is 1.83. The van der Waals surface area contributed by atoms with Gasteiger partial charge in [-0.1, -0.05) is 6.07 Å². The van der Waals surface area contributed by atoms with Gasteiger partial charge >= 0.3 is 5.97 Å². The number of rotatable bonds is 10. The Morgan fingerprint density at radius 3 is 2.91 bits per heavy atom. The molecule has 8 heteroatoms. The van der Waals surface area contributed by atoms with Gasteiger partial charge in [-0.05, 0) is 55.4 Å². The zero-order valence-corrected chi connectivity index (χ0v) is 18.1. The summed E-state index contributed by atoms with van der Waals surface area (Å²) in [6.07, 6.45) is 6.72. The number of carboxylic acid groups (broad SMARTS) is 1. The van der Waals surface area contributed by atoms with Crippen molar-refractivity contribution in [1.82, 2.24) is 9.97 Å². The Labute approximate surface area is 187 Å². The molecule has 4 rings (SSSR count). The van der Waals surface area contributed by atoms with E-state index < -0.39 is 11.9 Å². The molecule has 8 nitrogen and oxygen atoms in total. The number of aryl methyl sites for hydroxylation is 2. The van der Waals surface area contributed by atoms with Gasteiger partial charge in [0, 0.05) is 37.2 Å². The van der Waals surface area contributed by atoms with Gasteiger partial charge in [0.1, 0.15) is 24.8 Å². The summed E-state index contributed by atoms with van der Waals surface area (Å²) >= 11 is 0. The second-order valence-corrected chi connectivity index (χ2v) is 8.35. The molecule has 0 saturated heterocycles. The van der Waals surface area contributed by atoms with Crippen LogP contribution in [0.15, 0.2) is 24.4 Å². The Bertz CT molecular complexity index is 978. The van der Waals surface area contributed by atoms with Gasteiger partial charge in [0.05, 0.1) is 6.42 Å². The Morgan fingerprint density at radius 1 is 1.16 bits per heavy atom. The number of pyridine rings is 2. The fourth-order valence-corrected chi connectivity index (χ4v) is 4.20. The largest absolute Gasteiger partial charge is 0.484 e. The molecule has 0 aliphatic carbocycles. The first-order chi connectivity index (χ1) is 15.6. The molecule has 0 bridgehead atoms. The number of anilines is 1. The normalized spacial score (nSPS) is 15.4. The highest BCUT2D eigenvalue weighted by molar-refractivity contribution is 5.80. The van der Waals surface area contributed by atoms with Crippen molar-refractivity contribution in [2.45, 2.75) is 57.3 Å². The van der Waals surface area contributed by atoms with E-state index in [1.165, 1.54) is 5.56 Å². The van der Waals surface area contributed by atoms with Crippen molar-refractivity contribution in [3.05, 3.63) is 41.2 Å². The number of ether oxygens (including phenoxy) is 2. The van der Waals surface area contributed by atoms with Crippen LogP contribution in [0.2, 0.25) is 0 Å². The number of ketones is 1. The van der Waals surface area contributed by atoms with Crippen LogP contribution in [0.4, 0.5) is 5.82 Å². The van der Waals surface area contributed by atoms with Gasteiger partial charge < -0.3 is 19.9 Å². The maximum atomic E-state index is 12.6. The number of fused-ring (bicyclic) bond motifs is 2. The van der Waals surface area contributed by atoms with E-state index in [2.05, 4.69) is 22.4 Å². The van der Waals surface area contributed by atoms with Gasteiger partial charge in [-0.25, -0.2) is 9.97 Å². The monoisotopic (exact) mass is 439 g/mol. The SMILES string of the molecule is O=C(O)CC(CC(=O)CCCCc1ccc2c(n1)NCCC2)c1cnc2c(c1)OCCO2. The third-order valence-electron chi connectivity index (χ3n) is 5.88. The molecule has 0 fully saturated rings. The molecule has 170 valence electrons. The van der Waals surface area contributed by atoms with E-state index in [1.54, 1.807) is 12.3 Å². The maximum Gasteiger partial charge on any atom is 0.303 e. The molecule has 0 aromatic carbocycles. The Hall–Kier alpha value is -3.16. The topological polar surface area (TPSA) is 111 Å². The quantitative estimate of drug-likeness (QED) is 0.541. The number of unbranched alkanes of at least 4 members (excludes halogenated alkanes) is 1. The molecule has 0 radical (unpaired) electrons. The van der Waals surface area contributed by atoms with Gasteiger partial charge in [0.15, 0.2) is 5.75 Å². The number of carboxylic acids is 1. The standard InChI is InChI=1S/C24H29N3O5/c28-20(6-2-1-5-19-8-7-16-4-3-9-25-23(16)27-19)12-17(14-22(29)30)18-13-21-24(26-15-18)32-11-10-31-21/h7-8,13,15,17H,1-6,9-12,14H2,(H,25,27)(H,29,30). The lowest BCUT2D eigenvalue weighted by Crippen LogP contribution is -2.17. The van der Waals surface area contributed by atoms with Gasteiger partial charge in [-0.15, -0.1) is 0 Å². The molecule has 0 saturated carbocycles. The summed E-state index contributed by atoms with van der Waals surface area (Å²) in [5, 5.41) is 12.7. The fourth-order valence-electron chi connectivity index (χ4n) is 4.20. The maximum absolute atomic E-state index is 12.6. The predicted molar refractivity (Wildman–Crippen MR) is 118 cm³/mol. The number of aromatic nitrogens is 2. The summed E-state index contributed by atoms with van der Waals surface area (Å²) in [6, 6.07) is 5.97. The van der Waals surface area contributed by atoms with Gasteiger partial charge in [0.2, 0.25) is 0 Å². The van der Waals surface area contributed by atoms with Gasteiger partial charge in [0.25, 0.3) is 5.88 Å². The van der Waals surface area contributed by atoms with Crippen LogP contribution in [0.5, 0.6) is 11.6 Å². The van der Waals surface area contributed by atoms with Crippen LogP contribution in [0.1, 0.15) is 61.3 Å². The highest BCUT2D eigenvalue weighted by Crippen LogP contribution is 2.33. The van der Waals surface area contributed by atoms with Crippen molar-refractivity contribution in [3.63, 3.8) is 0 Å². The van der Waals surface area contributed by atoms with E-state index in [4.69, 9.17) is 14.5 Å². The zero-order valence-electron chi connectivity index (χ0n) is 18.1. The Balaban J connectivity index is 1.28. The number of hydrogen-bond donors (Lipinski definition) is 2. The minimum absolute atomic E-state index is 0.0613. The first kappa shape index (κ1) is 22.0. The van der Waals surface area contributed by atoms with Crippen molar-refractivity contribution < 1.29 is 24.2 Å². The molecule has 32 heavy (non-hydrogen) atoms. The van der Waals surface area contributed by atoms with Crippen molar-refractivity contribution in [3.8, 4) is 11.6 Å². The van der Waals surface area contributed by atoms with Crippen LogP contribution in [0.3, 0.4) is 0 Å². The van der Waals surface area contributed by atoms with Gasteiger partial charge in [-0.3, -0.25) is 9.59 Å². The van der Waals surface area contributed by atoms with E-state index >= 15 is 0 Å². The third-order valence-corrected chi connectivity index (χ3v) is 5.88. The first-order valence-corrected chi connectivity index (χ1v) is 11.3. The molecule has 1 atom stereocenters. The molecule has 2 aromatic rings. The molecule has 1 unspecified atom stereocenters. The lowest BCUT2D eigenvalue weighted by atomic mass is 9.90. The van der Waals surface area contributed by atoms with Crippen molar-refractivity contribution >= 4 is 17.6 Å². The summed E-state index contributed by atoms with van der Waals surface area (Å²) in [5.74, 6) is 0.595. The molecule has 0 spiro atoms. The minimum Gasteiger partial charge on any atom is -0.484 e. The number of Topliss-reactive ketones (excluding diaryl/α,β-unsaturated/α-hetero) is 1. The molecule has 2 N–H and O–H groups in total. The van der Waals surface area contributed by atoms with Crippen molar-refractivity contribution in [1.29, 1.82) is 0 Å². The highest BCUT2D eigenvalue weighted by atomic mass is 16.6. The summed E-state index contributed by atoms with van der Waals surface area (Å²) in [5.41, 5.74) is 3.00. The molecular formula is C24H29N3O5. The summed E-state index contributed by atoms with van der Waals surface area (Å²) < 4.78 is 11.0. The molecule has 0 amide bonds. The predicted octanol–water partition coefficient (Wildman–Crippen LogP) is 3.54. The van der Waals surface area contributed by atoms with Crippen molar-refractivity contribution in [2.75, 3.05) is 25.1 Å². The molecule has 2 aliphatic heterocycles. The van der Waals surface area contributed by atoms with Crippen molar-refractivity contribution in [2.24, 2.45) is 0 Å². The third kappa shape index (κ3) is 5.75. The Morgan fingerprint density at radius 2 is 2.03 bits per heavy atom. The van der Waals surface area contributed by atoms with E-state index in [0.29, 0.717) is 36.8 Å². The highest BCUT2D eigenvalue weighted by Gasteiger charge is 2.23. The number of nitrogens with zero attached hydrogens (tertiary/aromatic N) is 2. The fraction of sp³-hybridized carbons (Fsp3) is 0.500. The number of carbonyl (C=O) groups is 2. The second-order valence-electron chi connectivity index (χ2n) is 8.35. The van der Waals surface area contributed by atoms with E-state index in [1.807, 2.05) is 0 Å². The zero-order chi connectivity index (χ0) is 22.3. The van der Waals surface area contributed by atoms with E-state index in [0.717, 1.165) is 50.2 Å². The average Bonchev–Trinajstić information content (AvgIpc) is 2.80. The minimum atomic E-state index is -0.940. The van der Waals surface area contributed by atoms with Crippen LogP contribution in [0, 0.1) is 0 Å². The van der Waals surface area contributed by atoms with Crippen LogP contribution in [0.25, 0.3) is 0 Å². The molecular weight excluding hydrogens is 410 g/mol.